The Labute approximate surface area is 156 Å². The third-order valence-electron chi connectivity index (χ3n) is 3.81. The molecule has 138 valence electrons. The topological polar surface area (TPSA) is 107 Å². The fraction of sp³-hybridized carbons (Fsp3) is 0.333. The molecule has 0 aliphatic carbocycles. The Morgan fingerprint density at radius 1 is 1.35 bits per heavy atom. The molecule has 0 radical (unpaired) electrons. The predicted octanol–water partition coefficient (Wildman–Crippen LogP) is 2.97. The highest BCUT2D eigenvalue weighted by Crippen LogP contribution is 2.24. The number of nitrogens with two attached hydrogens (primary N) is 1. The average molecular weight is 374 g/mol. The van der Waals surface area contributed by atoms with Gasteiger partial charge in [0.2, 0.25) is 5.91 Å². The van der Waals surface area contributed by atoms with Crippen LogP contribution >= 0.6 is 11.8 Å². The van der Waals surface area contributed by atoms with Crippen LogP contribution in [0.25, 0.3) is 0 Å². The van der Waals surface area contributed by atoms with Crippen LogP contribution in [0.5, 0.6) is 0 Å². The van der Waals surface area contributed by atoms with E-state index in [-0.39, 0.29) is 23.9 Å². The van der Waals surface area contributed by atoms with Gasteiger partial charge in [0.25, 0.3) is 0 Å². The van der Waals surface area contributed by atoms with Crippen molar-refractivity contribution >= 4 is 35.1 Å². The number of nitrogens with zero attached hydrogens (tertiary/aromatic N) is 2. The van der Waals surface area contributed by atoms with Crippen molar-refractivity contribution in [1.82, 2.24) is 9.97 Å². The number of aromatic nitrogens is 2. The zero-order chi connectivity index (χ0) is 19.3. The Hall–Kier alpha value is -2.61. The van der Waals surface area contributed by atoms with Gasteiger partial charge in [0, 0.05) is 11.9 Å². The molecule has 1 aromatic carbocycles. The van der Waals surface area contributed by atoms with E-state index < -0.39 is 11.2 Å². The predicted molar refractivity (Wildman–Crippen MR) is 102 cm³/mol. The van der Waals surface area contributed by atoms with Gasteiger partial charge in [-0.25, -0.2) is 14.8 Å². The number of esters is 1. The standard InChI is InChI=1S/C18H22N4O3S/c1-5-25-17(24)13-9-20-18(22-15(13)19)26-12(4)16(23)21-14-8-6-7-10(2)11(14)3/h6-9,12H,5H2,1-4H3,(H,21,23)(H2,19,20,22)/t12-/m1/s1. The number of hydrogen-bond donors (Lipinski definition) is 2. The first-order valence-corrected chi connectivity index (χ1v) is 9.04. The van der Waals surface area contributed by atoms with E-state index in [2.05, 4.69) is 15.3 Å². The molecule has 0 saturated carbocycles. The molecule has 0 aliphatic heterocycles. The van der Waals surface area contributed by atoms with Crippen LogP contribution in [0.3, 0.4) is 0 Å². The number of nitrogens with one attached hydrogen (secondary N) is 1. The fourth-order valence-corrected chi connectivity index (χ4v) is 2.88. The summed E-state index contributed by atoms with van der Waals surface area (Å²) in [5, 5.41) is 2.79. The summed E-state index contributed by atoms with van der Waals surface area (Å²) >= 11 is 1.16. The molecule has 1 amide bonds. The fourth-order valence-electron chi connectivity index (χ4n) is 2.13. The molecule has 1 aromatic heterocycles. The number of benzene rings is 1. The summed E-state index contributed by atoms with van der Waals surface area (Å²) in [4.78, 5) is 32.3. The van der Waals surface area contributed by atoms with Crippen LogP contribution < -0.4 is 11.1 Å². The Bertz CT molecular complexity index is 826. The number of nitrogen functional groups attached to an aromatic ring is 1. The zero-order valence-electron chi connectivity index (χ0n) is 15.2. The Morgan fingerprint density at radius 2 is 2.08 bits per heavy atom. The van der Waals surface area contributed by atoms with Crippen molar-refractivity contribution in [3.05, 3.63) is 41.1 Å². The second-order valence-electron chi connectivity index (χ2n) is 5.67. The minimum atomic E-state index is -0.567. The van der Waals surface area contributed by atoms with Gasteiger partial charge in [-0.2, -0.15) is 0 Å². The summed E-state index contributed by atoms with van der Waals surface area (Å²) in [6.07, 6.45) is 1.32. The molecule has 26 heavy (non-hydrogen) atoms. The number of thioether (sulfide) groups is 1. The van der Waals surface area contributed by atoms with Gasteiger partial charge >= 0.3 is 5.97 Å². The summed E-state index contributed by atoms with van der Waals surface area (Å²) in [5.41, 5.74) is 8.82. The number of amides is 1. The minimum absolute atomic E-state index is 0.0306. The van der Waals surface area contributed by atoms with E-state index in [9.17, 15) is 9.59 Å². The van der Waals surface area contributed by atoms with Gasteiger partial charge in [-0.05, 0) is 44.9 Å². The summed E-state index contributed by atoms with van der Waals surface area (Å²) in [7, 11) is 0. The van der Waals surface area contributed by atoms with E-state index >= 15 is 0 Å². The van der Waals surface area contributed by atoms with Crippen LogP contribution in [0.4, 0.5) is 11.5 Å². The number of aryl methyl sites for hydroxylation is 1. The third kappa shape index (κ3) is 4.72. The second kappa shape index (κ2) is 8.66. The normalized spacial score (nSPS) is 11.7. The van der Waals surface area contributed by atoms with Crippen molar-refractivity contribution in [2.45, 2.75) is 38.1 Å². The lowest BCUT2D eigenvalue weighted by Gasteiger charge is -2.14. The van der Waals surface area contributed by atoms with Gasteiger partial charge in [-0.3, -0.25) is 4.79 Å². The lowest BCUT2D eigenvalue weighted by Crippen LogP contribution is -2.23. The highest BCUT2D eigenvalue weighted by Gasteiger charge is 2.19. The molecular weight excluding hydrogens is 352 g/mol. The molecule has 2 aromatic rings. The molecule has 2 rings (SSSR count). The van der Waals surface area contributed by atoms with Crippen molar-refractivity contribution in [2.24, 2.45) is 0 Å². The molecule has 1 atom stereocenters. The lowest BCUT2D eigenvalue weighted by atomic mass is 10.1. The van der Waals surface area contributed by atoms with E-state index in [1.165, 1.54) is 6.20 Å². The van der Waals surface area contributed by atoms with Crippen LogP contribution in [-0.4, -0.2) is 33.7 Å². The Balaban J connectivity index is 2.06. The number of ether oxygens (including phenoxy) is 1. The molecule has 1 heterocycles. The molecule has 0 aliphatic rings. The molecular formula is C18H22N4O3S. The van der Waals surface area contributed by atoms with Crippen molar-refractivity contribution in [2.75, 3.05) is 17.7 Å². The van der Waals surface area contributed by atoms with Crippen molar-refractivity contribution in [3.63, 3.8) is 0 Å². The highest BCUT2D eigenvalue weighted by atomic mass is 32.2. The maximum atomic E-state index is 12.4. The quantitative estimate of drug-likeness (QED) is 0.455. The van der Waals surface area contributed by atoms with Gasteiger partial charge < -0.3 is 15.8 Å². The van der Waals surface area contributed by atoms with E-state index in [1.807, 2.05) is 32.0 Å². The summed E-state index contributed by atoms with van der Waals surface area (Å²) < 4.78 is 4.89. The van der Waals surface area contributed by atoms with E-state index in [0.717, 1.165) is 28.6 Å². The number of carbonyl (C=O) groups is 2. The smallest absolute Gasteiger partial charge is 0.343 e. The summed E-state index contributed by atoms with van der Waals surface area (Å²) in [6, 6.07) is 5.75. The number of rotatable bonds is 6. The first kappa shape index (κ1) is 19.7. The van der Waals surface area contributed by atoms with Gasteiger partial charge in [-0.1, -0.05) is 23.9 Å². The molecule has 7 nitrogen and oxygen atoms in total. The molecule has 3 N–H and O–H groups in total. The van der Waals surface area contributed by atoms with Crippen LogP contribution in [-0.2, 0) is 9.53 Å². The number of anilines is 2. The third-order valence-corrected chi connectivity index (χ3v) is 4.78. The Kier molecular flexibility index (Phi) is 6.57. The monoisotopic (exact) mass is 374 g/mol. The average Bonchev–Trinajstić information content (AvgIpc) is 2.59. The molecule has 0 saturated heterocycles. The zero-order valence-corrected chi connectivity index (χ0v) is 16.0. The molecule has 0 fully saturated rings. The summed E-state index contributed by atoms with van der Waals surface area (Å²) in [6.45, 7) is 7.65. The maximum Gasteiger partial charge on any atom is 0.343 e. The molecule has 8 heteroatoms. The van der Waals surface area contributed by atoms with Crippen molar-refractivity contribution in [3.8, 4) is 0 Å². The maximum absolute atomic E-state index is 12.4. The van der Waals surface area contributed by atoms with Gasteiger partial charge in [0.1, 0.15) is 11.4 Å². The van der Waals surface area contributed by atoms with Crippen LogP contribution in [0.15, 0.2) is 29.6 Å². The molecule has 0 bridgehead atoms. The number of hydrogen-bond acceptors (Lipinski definition) is 7. The largest absolute Gasteiger partial charge is 0.462 e. The van der Waals surface area contributed by atoms with E-state index in [0.29, 0.717) is 5.16 Å². The van der Waals surface area contributed by atoms with E-state index in [4.69, 9.17) is 10.5 Å². The molecule has 0 spiro atoms. The van der Waals surface area contributed by atoms with E-state index in [1.54, 1.807) is 13.8 Å². The first-order chi connectivity index (χ1) is 12.3. The minimum Gasteiger partial charge on any atom is -0.462 e. The second-order valence-corrected chi connectivity index (χ2v) is 6.98. The highest BCUT2D eigenvalue weighted by molar-refractivity contribution is 8.00. The lowest BCUT2D eigenvalue weighted by molar-refractivity contribution is -0.115. The first-order valence-electron chi connectivity index (χ1n) is 8.16. The SMILES string of the molecule is CCOC(=O)c1cnc(S[C@H](C)C(=O)Nc2cccc(C)c2C)nc1N. The van der Waals surface area contributed by atoms with Gasteiger partial charge in [0.15, 0.2) is 5.16 Å². The van der Waals surface area contributed by atoms with Crippen LogP contribution in [0.2, 0.25) is 0 Å². The van der Waals surface area contributed by atoms with Gasteiger partial charge in [-0.15, -0.1) is 0 Å². The summed E-state index contributed by atoms with van der Waals surface area (Å²) in [5.74, 6) is -0.703. The van der Waals surface area contributed by atoms with Crippen molar-refractivity contribution < 1.29 is 14.3 Å². The van der Waals surface area contributed by atoms with Crippen molar-refractivity contribution in [1.29, 1.82) is 0 Å². The Morgan fingerprint density at radius 3 is 2.73 bits per heavy atom. The van der Waals surface area contributed by atoms with Crippen LogP contribution in [0.1, 0.15) is 35.3 Å². The molecule has 0 unspecified atom stereocenters. The van der Waals surface area contributed by atoms with Gasteiger partial charge in [0.05, 0.1) is 11.9 Å². The number of carbonyl (C=O) groups excluding carboxylic acids is 2. The van der Waals surface area contributed by atoms with Crippen LogP contribution in [0, 0.1) is 13.8 Å².